The van der Waals surface area contributed by atoms with Gasteiger partial charge >= 0.3 is 11.9 Å². The van der Waals surface area contributed by atoms with E-state index in [2.05, 4.69) is 13.8 Å². The van der Waals surface area contributed by atoms with E-state index in [-0.39, 0.29) is 23.5 Å². The van der Waals surface area contributed by atoms with E-state index in [1.54, 1.807) is 0 Å². The molecule has 0 bridgehead atoms. The summed E-state index contributed by atoms with van der Waals surface area (Å²) in [5.41, 5.74) is -0.816. The Morgan fingerprint density at radius 3 is 2.30 bits per heavy atom. The summed E-state index contributed by atoms with van der Waals surface area (Å²) in [5, 5.41) is 11.7. The number of aliphatic hydroxyl groups is 1. The van der Waals surface area contributed by atoms with Crippen LogP contribution in [-0.2, 0) is 19.1 Å². The standard InChI is InChI=1S/C25H40O5/c1-15(29-16(2)26)25(28)13-10-22-20-7-6-18-14-19(30-17(3)27)8-11-23(18,4)21(20)9-12-24(22,25)5/h15,18-22,28H,6-14H2,1-5H3/t15-,18+,19+,20+,21-,22-,23+,24-,25-/m1/s1. The number of hydrogen-bond donors (Lipinski definition) is 1. The number of rotatable bonds is 3. The Morgan fingerprint density at radius 2 is 1.63 bits per heavy atom. The molecule has 4 rings (SSSR count). The van der Waals surface area contributed by atoms with Gasteiger partial charge in [0, 0.05) is 19.3 Å². The molecule has 0 spiro atoms. The Balaban J connectivity index is 1.54. The van der Waals surface area contributed by atoms with Crippen LogP contribution in [0.5, 0.6) is 0 Å². The molecule has 0 radical (unpaired) electrons. The van der Waals surface area contributed by atoms with Crippen LogP contribution in [0.4, 0.5) is 0 Å². The van der Waals surface area contributed by atoms with Crippen LogP contribution in [0.15, 0.2) is 0 Å². The summed E-state index contributed by atoms with van der Waals surface area (Å²) in [4.78, 5) is 23.0. The first-order valence-corrected chi connectivity index (χ1v) is 12.1. The van der Waals surface area contributed by atoms with Gasteiger partial charge in [-0.25, -0.2) is 0 Å². The number of ether oxygens (including phenoxy) is 2. The minimum absolute atomic E-state index is 0.0899. The predicted octanol–water partition coefficient (Wildman–Crippen LogP) is 4.64. The van der Waals surface area contributed by atoms with Gasteiger partial charge in [0.25, 0.3) is 0 Å². The molecule has 9 atom stereocenters. The predicted molar refractivity (Wildman–Crippen MR) is 113 cm³/mol. The first-order valence-electron chi connectivity index (χ1n) is 12.1. The van der Waals surface area contributed by atoms with Gasteiger partial charge in [-0.1, -0.05) is 13.8 Å². The lowest BCUT2D eigenvalue weighted by Crippen LogP contribution is -2.60. The van der Waals surface area contributed by atoms with Gasteiger partial charge in [0.2, 0.25) is 0 Å². The zero-order chi connectivity index (χ0) is 21.9. The Kier molecular flexibility index (Phi) is 5.52. The molecule has 170 valence electrons. The van der Waals surface area contributed by atoms with Crippen molar-refractivity contribution in [2.75, 3.05) is 0 Å². The van der Waals surface area contributed by atoms with Crippen molar-refractivity contribution in [2.45, 2.75) is 110 Å². The molecule has 5 nitrogen and oxygen atoms in total. The number of esters is 2. The van der Waals surface area contributed by atoms with Crippen LogP contribution in [0, 0.1) is 34.5 Å². The second-order valence-electron chi connectivity index (χ2n) is 11.3. The molecule has 5 heteroatoms. The molecule has 0 heterocycles. The Bertz CT molecular complexity index is 706. The van der Waals surface area contributed by atoms with E-state index >= 15 is 0 Å². The van der Waals surface area contributed by atoms with Crippen LogP contribution in [0.3, 0.4) is 0 Å². The molecule has 4 saturated carbocycles. The van der Waals surface area contributed by atoms with Crippen molar-refractivity contribution in [3.05, 3.63) is 0 Å². The minimum atomic E-state index is -0.932. The molecule has 0 saturated heterocycles. The van der Waals surface area contributed by atoms with Gasteiger partial charge < -0.3 is 14.6 Å². The smallest absolute Gasteiger partial charge is 0.302 e. The Hall–Kier alpha value is -1.10. The largest absolute Gasteiger partial charge is 0.463 e. The van der Waals surface area contributed by atoms with Gasteiger partial charge in [-0.05, 0) is 93.8 Å². The highest BCUT2D eigenvalue weighted by Crippen LogP contribution is 2.68. The fraction of sp³-hybridized carbons (Fsp3) is 0.920. The third-order valence-electron chi connectivity index (χ3n) is 10.2. The van der Waals surface area contributed by atoms with E-state index in [0.29, 0.717) is 29.1 Å². The Labute approximate surface area is 181 Å². The third-order valence-corrected chi connectivity index (χ3v) is 10.2. The lowest BCUT2D eigenvalue weighted by atomic mass is 9.44. The molecule has 4 aliphatic carbocycles. The first kappa shape index (κ1) is 22.1. The van der Waals surface area contributed by atoms with Crippen molar-refractivity contribution in [1.82, 2.24) is 0 Å². The lowest BCUT2D eigenvalue weighted by molar-refractivity contribution is -0.201. The summed E-state index contributed by atoms with van der Waals surface area (Å²) in [5.74, 6) is 1.96. The molecular weight excluding hydrogens is 380 g/mol. The lowest BCUT2D eigenvalue weighted by Gasteiger charge is -2.62. The highest BCUT2D eigenvalue weighted by atomic mass is 16.6. The Morgan fingerprint density at radius 1 is 0.933 bits per heavy atom. The quantitative estimate of drug-likeness (QED) is 0.673. The van der Waals surface area contributed by atoms with Crippen molar-refractivity contribution in [1.29, 1.82) is 0 Å². The maximum atomic E-state index is 11.7. The van der Waals surface area contributed by atoms with Crippen LogP contribution in [-0.4, -0.2) is 34.9 Å². The summed E-state index contributed by atoms with van der Waals surface area (Å²) >= 11 is 0. The average molecular weight is 421 g/mol. The molecular formula is C25H40O5. The van der Waals surface area contributed by atoms with E-state index in [9.17, 15) is 14.7 Å². The second-order valence-corrected chi connectivity index (χ2v) is 11.3. The van der Waals surface area contributed by atoms with Gasteiger partial charge in [-0.3, -0.25) is 9.59 Å². The van der Waals surface area contributed by atoms with E-state index < -0.39 is 11.7 Å². The number of carbonyl (C=O) groups is 2. The van der Waals surface area contributed by atoms with Crippen LogP contribution in [0.25, 0.3) is 0 Å². The third kappa shape index (κ3) is 3.22. The summed E-state index contributed by atoms with van der Waals surface area (Å²) in [7, 11) is 0. The normalized spacial score (nSPS) is 48.7. The molecule has 4 fully saturated rings. The van der Waals surface area contributed by atoms with Crippen molar-refractivity contribution < 1.29 is 24.2 Å². The van der Waals surface area contributed by atoms with Crippen molar-refractivity contribution in [2.24, 2.45) is 34.5 Å². The van der Waals surface area contributed by atoms with Gasteiger partial charge in [0.15, 0.2) is 0 Å². The average Bonchev–Trinajstić information content (AvgIpc) is 2.93. The summed E-state index contributed by atoms with van der Waals surface area (Å²) in [6.45, 7) is 9.57. The number of hydrogen-bond acceptors (Lipinski definition) is 5. The van der Waals surface area contributed by atoms with Gasteiger partial charge in [0.05, 0.1) is 0 Å². The van der Waals surface area contributed by atoms with Crippen LogP contribution >= 0.6 is 0 Å². The highest BCUT2D eigenvalue weighted by molar-refractivity contribution is 5.66. The maximum absolute atomic E-state index is 11.7. The maximum Gasteiger partial charge on any atom is 0.302 e. The van der Waals surface area contributed by atoms with Crippen molar-refractivity contribution >= 4 is 11.9 Å². The molecule has 0 aromatic heterocycles. The van der Waals surface area contributed by atoms with Crippen molar-refractivity contribution in [3.63, 3.8) is 0 Å². The summed E-state index contributed by atoms with van der Waals surface area (Å²) in [6.07, 6.45) is 9.02. The number of carbonyl (C=O) groups excluding carboxylic acids is 2. The SMILES string of the molecule is CC(=O)O[C@H]1CC[C@@]2(C)[C@@H](CC[C@H]3[C@H]2CC[C@]2(C)[C@@H]3CC[C@@]2(O)[C@@H](C)OC(C)=O)C1. The van der Waals surface area contributed by atoms with Crippen LogP contribution < -0.4 is 0 Å². The molecule has 0 aromatic carbocycles. The monoisotopic (exact) mass is 420 g/mol. The summed E-state index contributed by atoms with van der Waals surface area (Å²) in [6, 6.07) is 0. The fourth-order valence-electron chi connectivity index (χ4n) is 8.63. The van der Waals surface area contributed by atoms with Crippen LogP contribution in [0.2, 0.25) is 0 Å². The molecule has 0 aliphatic heterocycles. The molecule has 0 unspecified atom stereocenters. The van der Waals surface area contributed by atoms with E-state index in [4.69, 9.17) is 9.47 Å². The first-order chi connectivity index (χ1) is 14.0. The zero-order valence-corrected chi connectivity index (χ0v) is 19.4. The zero-order valence-electron chi connectivity index (χ0n) is 19.4. The summed E-state index contributed by atoms with van der Waals surface area (Å²) < 4.78 is 11.1. The van der Waals surface area contributed by atoms with Gasteiger partial charge in [0.1, 0.15) is 17.8 Å². The van der Waals surface area contributed by atoms with Gasteiger partial charge in [-0.15, -0.1) is 0 Å². The van der Waals surface area contributed by atoms with E-state index in [1.165, 1.54) is 26.7 Å². The molecule has 1 N–H and O–H groups in total. The minimum Gasteiger partial charge on any atom is -0.463 e. The van der Waals surface area contributed by atoms with E-state index in [1.807, 2.05) is 6.92 Å². The van der Waals surface area contributed by atoms with E-state index in [0.717, 1.165) is 44.9 Å². The molecule has 30 heavy (non-hydrogen) atoms. The second kappa shape index (κ2) is 7.50. The topological polar surface area (TPSA) is 72.8 Å². The van der Waals surface area contributed by atoms with Crippen molar-refractivity contribution in [3.8, 4) is 0 Å². The van der Waals surface area contributed by atoms with Gasteiger partial charge in [-0.2, -0.15) is 0 Å². The fourth-order valence-corrected chi connectivity index (χ4v) is 8.63. The number of fused-ring (bicyclic) bond motifs is 5. The molecule has 0 amide bonds. The molecule has 0 aromatic rings. The molecule has 4 aliphatic rings. The highest BCUT2D eigenvalue weighted by Gasteiger charge is 2.66. The van der Waals surface area contributed by atoms with Crippen LogP contribution in [0.1, 0.15) is 92.4 Å².